The third-order valence-corrected chi connectivity index (χ3v) is 4.08. The summed E-state index contributed by atoms with van der Waals surface area (Å²) in [7, 11) is 0. The van der Waals surface area contributed by atoms with Gasteiger partial charge in [0, 0.05) is 23.1 Å². The van der Waals surface area contributed by atoms with E-state index in [-0.39, 0.29) is 23.4 Å². The maximum atomic E-state index is 12.1. The van der Waals surface area contributed by atoms with E-state index in [9.17, 15) is 4.79 Å². The first-order valence-electron chi connectivity index (χ1n) is 6.74. The van der Waals surface area contributed by atoms with Crippen molar-refractivity contribution >= 4 is 5.91 Å². The number of hydrogen-bond donors (Lipinski definition) is 2. The van der Waals surface area contributed by atoms with Crippen molar-refractivity contribution in [3.8, 4) is 5.75 Å². The van der Waals surface area contributed by atoms with Gasteiger partial charge in [-0.15, -0.1) is 0 Å². The highest BCUT2D eigenvalue weighted by molar-refractivity contribution is 5.94. The summed E-state index contributed by atoms with van der Waals surface area (Å²) in [6.07, 6.45) is 0.843. The van der Waals surface area contributed by atoms with E-state index in [0.717, 1.165) is 12.2 Å². The van der Waals surface area contributed by atoms with Crippen LogP contribution >= 0.6 is 0 Å². The summed E-state index contributed by atoms with van der Waals surface area (Å²) < 4.78 is 5.35. The van der Waals surface area contributed by atoms with Gasteiger partial charge < -0.3 is 15.8 Å². The summed E-state index contributed by atoms with van der Waals surface area (Å²) in [6.45, 7) is 6.73. The fraction of sp³-hybridized carbons (Fsp3) is 0.533. The normalized spacial score (nSPS) is 24.4. The first-order chi connectivity index (χ1) is 8.95. The lowest BCUT2D eigenvalue weighted by molar-refractivity contribution is 0.0586. The molecule has 0 saturated heterocycles. The molecule has 19 heavy (non-hydrogen) atoms. The average molecular weight is 262 g/mol. The zero-order valence-electron chi connectivity index (χ0n) is 11.8. The largest absolute Gasteiger partial charge is 0.494 e. The molecule has 2 atom stereocenters. The zero-order valence-corrected chi connectivity index (χ0v) is 11.8. The van der Waals surface area contributed by atoms with Gasteiger partial charge >= 0.3 is 0 Å². The Morgan fingerprint density at radius 3 is 2.53 bits per heavy atom. The van der Waals surface area contributed by atoms with E-state index in [0.29, 0.717) is 12.2 Å². The summed E-state index contributed by atoms with van der Waals surface area (Å²) in [5.41, 5.74) is 6.57. The van der Waals surface area contributed by atoms with Crippen LogP contribution in [-0.2, 0) is 0 Å². The molecule has 0 bridgehead atoms. The van der Waals surface area contributed by atoms with Gasteiger partial charge in [0.2, 0.25) is 0 Å². The molecule has 1 fully saturated rings. The second-order valence-corrected chi connectivity index (χ2v) is 5.65. The molecule has 4 nitrogen and oxygen atoms in total. The smallest absolute Gasteiger partial charge is 0.251 e. The number of ether oxygens (including phenoxy) is 1. The van der Waals surface area contributed by atoms with E-state index in [4.69, 9.17) is 10.5 Å². The first kappa shape index (κ1) is 13.9. The number of amides is 1. The minimum Gasteiger partial charge on any atom is -0.494 e. The Morgan fingerprint density at radius 1 is 1.42 bits per heavy atom. The number of rotatable bonds is 4. The number of nitrogens with two attached hydrogens (primary N) is 1. The lowest BCUT2D eigenvalue weighted by Gasteiger charge is -2.50. The monoisotopic (exact) mass is 262 g/mol. The minimum atomic E-state index is -0.0481. The number of hydrogen-bond acceptors (Lipinski definition) is 3. The van der Waals surface area contributed by atoms with Crippen LogP contribution in [0, 0.1) is 5.41 Å². The van der Waals surface area contributed by atoms with E-state index in [2.05, 4.69) is 19.2 Å². The van der Waals surface area contributed by atoms with Crippen LogP contribution in [0.5, 0.6) is 5.75 Å². The van der Waals surface area contributed by atoms with Crippen molar-refractivity contribution in [1.29, 1.82) is 0 Å². The van der Waals surface area contributed by atoms with Crippen molar-refractivity contribution in [2.45, 2.75) is 39.3 Å². The molecule has 0 radical (unpaired) electrons. The highest BCUT2D eigenvalue weighted by atomic mass is 16.5. The SMILES string of the molecule is CCOc1ccc(C(=O)NC2CC(N)C2(C)C)cc1. The molecule has 2 unspecified atom stereocenters. The Kier molecular flexibility index (Phi) is 3.80. The van der Waals surface area contributed by atoms with Crippen LogP contribution in [0.2, 0.25) is 0 Å². The molecule has 1 amide bonds. The quantitative estimate of drug-likeness (QED) is 0.871. The number of benzene rings is 1. The van der Waals surface area contributed by atoms with Crippen molar-refractivity contribution < 1.29 is 9.53 Å². The third-order valence-electron chi connectivity index (χ3n) is 4.08. The molecule has 0 spiro atoms. The Labute approximate surface area is 114 Å². The van der Waals surface area contributed by atoms with Gasteiger partial charge in [-0.3, -0.25) is 4.79 Å². The average Bonchev–Trinajstić information content (AvgIpc) is 2.39. The molecule has 1 aromatic rings. The highest BCUT2D eigenvalue weighted by Crippen LogP contribution is 2.39. The Balaban J connectivity index is 1.97. The third kappa shape index (κ3) is 2.73. The lowest BCUT2D eigenvalue weighted by atomic mass is 9.63. The number of carbonyl (C=O) groups is 1. The molecule has 1 aliphatic carbocycles. The van der Waals surface area contributed by atoms with Crippen LogP contribution in [0.4, 0.5) is 0 Å². The van der Waals surface area contributed by atoms with Crippen LogP contribution < -0.4 is 15.8 Å². The molecule has 0 aromatic heterocycles. The lowest BCUT2D eigenvalue weighted by Crippen LogP contribution is -2.64. The number of carbonyl (C=O) groups excluding carboxylic acids is 1. The summed E-state index contributed by atoms with van der Waals surface area (Å²) >= 11 is 0. The molecule has 1 aromatic carbocycles. The molecule has 1 saturated carbocycles. The van der Waals surface area contributed by atoms with Crippen molar-refractivity contribution in [2.75, 3.05) is 6.61 Å². The first-order valence-corrected chi connectivity index (χ1v) is 6.74. The topological polar surface area (TPSA) is 64.3 Å². The maximum Gasteiger partial charge on any atom is 0.251 e. The van der Waals surface area contributed by atoms with Gasteiger partial charge in [-0.25, -0.2) is 0 Å². The molecule has 0 aliphatic heterocycles. The fourth-order valence-electron chi connectivity index (χ4n) is 2.32. The molecular weight excluding hydrogens is 240 g/mol. The molecule has 0 heterocycles. The molecule has 4 heteroatoms. The van der Waals surface area contributed by atoms with Gasteiger partial charge in [0.1, 0.15) is 5.75 Å². The molecular formula is C15H22N2O2. The van der Waals surface area contributed by atoms with E-state index in [1.54, 1.807) is 12.1 Å². The summed E-state index contributed by atoms with van der Waals surface area (Å²) in [6, 6.07) is 7.52. The fourth-order valence-corrected chi connectivity index (χ4v) is 2.32. The van der Waals surface area contributed by atoms with Gasteiger partial charge in [0.05, 0.1) is 6.61 Å². The van der Waals surface area contributed by atoms with Crippen molar-refractivity contribution in [2.24, 2.45) is 11.1 Å². The predicted octanol–water partition coefficient (Wildman–Crippen LogP) is 1.94. The van der Waals surface area contributed by atoms with E-state index >= 15 is 0 Å². The summed E-state index contributed by atoms with van der Waals surface area (Å²) in [4.78, 5) is 12.1. The van der Waals surface area contributed by atoms with Crippen LogP contribution in [-0.4, -0.2) is 24.6 Å². The van der Waals surface area contributed by atoms with Gasteiger partial charge in [0.25, 0.3) is 5.91 Å². The molecule has 104 valence electrons. The van der Waals surface area contributed by atoms with E-state index in [1.165, 1.54) is 0 Å². The number of nitrogens with one attached hydrogen (secondary N) is 1. The Hall–Kier alpha value is -1.55. The molecule has 2 rings (SSSR count). The van der Waals surface area contributed by atoms with Crippen LogP contribution in [0.15, 0.2) is 24.3 Å². The van der Waals surface area contributed by atoms with Crippen LogP contribution in [0.3, 0.4) is 0 Å². The van der Waals surface area contributed by atoms with Crippen LogP contribution in [0.1, 0.15) is 37.6 Å². The standard InChI is InChI=1S/C15H22N2O2/c1-4-19-11-7-5-10(6-8-11)14(18)17-13-9-12(16)15(13,2)3/h5-8,12-13H,4,9,16H2,1-3H3,(H,17,18). The second kappa shape index (κ2) is 5.21. The second-order valence-electron chi connectivity index (χ2n) is 5.65. The zero-order chi connectivity index (χ0) is 14.0. The van der Waals surface area contributed by atoms with Gasteiger partial charge in [-0.2, -0.15) is 0 Å². The van der Waals surface area contributed by atoms with Crippen LogP contribution in [0.25, 0.3) is 0 Å². The van der Waals surface area contributed by atoms with Crippen molar-refractivity contribution in [1.82, 2.24) is 5.32 Å². The summed E-state index contributed by atoms with van der Waals surface area (Å²) in [5.74, 6) is 0.734. The predicted molar refractivity (Wildman–Crippen MR) is 75.2 cm³/mol. The van der Waals surface area contributed by atoms with E-state index in [1.807, 2.05) is 19.1 Å². The van der Waals surface area contributed by atoms with Crippen molar-refractivity contribution in [3.63, 3.8) is 0 Å². The highest BCUT2D eigenvalue weighted by Gasteiger charge is 2.46. The summed E-state index contributed by atoms with van der Waals surface area (Å²) in [5, 5.41) is 3.05. The Bertz CT molecular complexity index is 454. The van der Waals surface area contributed by atoms with Gasteiger partial charge in [0.15, 0.2) is 0 Å². The molecule has 1 aliphatic rings. The van der Waals surface area contributed by atoms with Gasteiger partial charge in [-0.05, 0) is 37.6 Å². The van der Waals surface area contributed by atoms with Gasteiger partial charge in [-0.1, -0.05) is 13.8 Å². The van der Waals surface area contributed by atoms with Crippen molar-refractivity contribution in [3.05, 3.63) is 29.8 Å². The Morgan fingerprint density at radius 2 is 2.05 bits per heavy atom. The minimum absolute atomic E-state index is 0.0269. The molecule has 3 N–H and O–H groups in total. The maximum absolute atomic E-state index is 12.1. The van der Waals surface area contributed by atoms with E-state index < -0.39 is 0 Å².